The van der Waals surface area contributed by atoms with E-state index in [0.717, 1.165) is 55.3 Å². The molecule has 1 N–H and O–H groups in total. The van der Waals surface area contributed by atoms with Gasteiger partial charge in [-0.3, -0.25) is 0 Å². The van der Waals surface area contributed by atoms with Crippen molar-refractivity contribution in [1.29, 1.82) is 0 Å². The number of fused-ring (bicyclic) bond motifs is 1. The van der Waals surface area contributed by atoms with E-state index in [9.17, 15) is 0 Å². The molecule has 3 aromatic rings. The average molecular weight is 309 g/mol. The second kappa shape index (κ2) is 6.24. The van der Waals surface area contributed by atoms with Crippen LogP contribution in [0.1, 0.15) is 12.8 Å². The molecule has 0 aliphatic carbocycles. The summed E-state index contributed by atoms with van der Waals surface area (Å²) >= 11 is 0. The van der Waals surface area contributed by atoms with Crippen LogP contribution < -0.4 is 9.64 Å². The zero-order valence-electron chi connectivity index (χ0n) is 12.9. The first-order valence-electron chi connectivity index (χ1n) is 7.97. The molecule has 1 aromatic carbocycles. The smallest absolute Gasteiger partial charge is 0.182 e. The molecule has 1 fully saturated rings. The van der Waals surface area contributed by atoms with Crippen LogP contribution in [0.4, 0.5) is 5.82 Å². The Morgan fingerprint density at radius 3 is 2.74 bits per heavy atom. The molecule has 4 rings (SSSR count). The number of hydrogen-bond acceptors (Lipinski definition) is 5. The number of hydrogen-bond donors (Lipinski definition) is 1. The lowest BCUT2D eigenvalue weighted by molar-refractivity contribution is 0.223. The van der Waals surface area contributed by atoms with E-state index >= 15 is 0 Å². The maximum atomic E-state index is 5.88. The molecule has 0 unspecified atom stereocenters. The minimum absolute atomic E-state index is 0.588. The van der Waals surface area contributed by atoms with E-state index in [2.05, 4.69) is 24.8 Å². The maximum absolute atomic E-state index is 5.88. The number of piperidine rings is 1. The van der Waals surface area contributed by atoms with Crippen LogP contribution in [0.5, 0.6) is 5.75 Å². The number of aromatic amines is 1. The van der Waals surface area contributed by atoms with Gasteiger partial charge in [-0.1, -0.05) is 18.2 Å². The SMILES string of the molecule is c1ccc(OCC2CCN(c3ncnc4nc[nH]c34)CC2)cc1. The Hall–Kier alpha value is -2.63. The summed E-state index contributed by atoms with van der Waals surface area (Å²) in [5.74, 6) is 2.49. The summed E-state index contributed by atoms with van der Waals surface area (Å²) in [7, 11) is 0. The summed E-state index contributed by atoms with van der Waals surface area (Å²) in [5.41, 5.74) is 1.65. The predicted molar refractivity (Wildman–Crippen MR) is 88.6 cm³/mol. The quantitative estimate of drug-likeness (QED) is 0.802. The second-order valence-corrected chi connectivity index (χ2v) is 5.85. The molecule has 0 bridgehead atoms. The Labute approximate surface area is 134 Å². The number of imidazole rings is 1. The molecule has 0 radical (unpaired) electrons. The molecule has 3 heterocycles. The minimum atomic E-state index is 0.588. The third-order valence-corrected chi connectivity index (χ3v) is 4.35. The number of anilines is 1. The molecule has 0 spiro atoms. The Balaban J connectivity index is 1.37. The van der Waals surface area contributed by atoms with Crippen molar-refractivity contribution in [3.8, 4) is 5.75 Å². The zero-order valence-corrected chi connectivity index (χ0v) is 12.9. The van der Waals surface area contributed by atoms with Gasteiger partial charge in [-0.2, -0.15) is 0 Å². The molecule has 6 nitrogen and oxygen atoms in total. The topological polar surface area (TPSA) is 66.9 Å². The van der Waals surface area contributed by atoms with Crippen LogP contribution in [0.3, 0.4) is 0 Å². The van der Waals surface area contributed by atoms with Crippen LogP contribution in [0.25, 0.3) is 11.2 Å². The Kier molecular flexibility index (Phi) is 3.80. The average Bonchev–Trinajstić information content (AvgIpc) is 3.10. The van der Waals surface area contributed by atoms with Crippen LogP contribution in [-0.2, 0) is 0 Å². The molecule has 1 saturated heterocycles. The highest BCUT2D eigenvalue weighted by molar-refractivity contribution is 5.82. The molecular formula is C17H19N5O. The van der Waals surface area contributed by atoms with Gasteiger partial charge < -0.3 is 14.6 Å². The molecule has 0 saturated carbocycles. The van der Waals surface area contributed by atoms with Gasteiger partial charge in [-0.15, -0.1) is 0 Å². The summed E-state index contributed by atoms with van der Waals surface area (Å²) in [6.07, 6.45) is 5.46. The Morgan fingerprint density at radius 1 is 1.09 bits per heavy atom. The number of benzene rings is 1. The number of rotatable bonds is 4. The van der Waals surface area contributed by atoms with Gasteiger partial charge in [0, 0.05) is 13.1 Å². The Morgan fingerprint density at radius 2 is 1.91 bits per heavy atom. The highest BCUT2D eigenvalue weighted by Crippen LogP contribution is 2.26. The number of aromatic nitrogens is 4. The van der Waals surface area contributed by atoms with Crippen LogP contribution in [-0.4, -0.2) is 39.6 Å². The molecular weight excluding hydrogens is 290 g/mol. The molecule has 2 aromatic heterocycles. The van der Waals surface area contributed by atoms with Gasteiger partial charge in [0.1, 0.15) is 17.6 Å². The van der Waals surface area contributed by atoms with Gasteiger partial charge in [0.2, 0.25) is 0 Å². The van der Waals surface area contributed by atoms with E-state index in [0.29, 0.717) is 5.92 Å². The number of nitrogens with one attached hydrogen (secondary N) is 1. The highest BCUT2D eigenvalue weighted by atomic mass is 16.5. The van der Waals surface area contributed by atoms with Crippen molar-refractivity contribution in [1.82, 2.24) is 19.9 Å². The summed E-state index contributed by atoms with van der Waals surface area (Å²) in [6, 6.07) is 10.0. The standard InChI is InChI=1S/C17H19N5O/c1-2-4-14(5-3-1)23-10-13-6-8-22(9-7-13)17-15-16(19-11-18-15)20-12-21-17/h1-5,11-13H,6-10H2,(H,18,19,20,21). The van der Waals surface area contributed by atoms with Gasteiger partial charge in [-0.05, 0) is 30.9 Å². The molecule has 0 amide bonds. The summed E-state index contributed by atoms with van der Waals surface area (Å²) in [4.78, 5) is 18.3. The molecule has 0 atom stereocenters. The minimum Gasteiger partial charge on any atom is -0.493 e. The second-order valence-electron chi connectivity index (χ2n) is 5.85. The molecule has 6 heteroatoms. The van der Waals surface area contributed by atoms with E-state index in [1.165, 1.54) is 0 Å². The number of H-pyrrole nitrogens is 1. The van der Waals surface area contributed by atoms with Crippen molar-refractivity contribution in [3.63, 3.8) is 0 Å². The van der Waals surface area contributed by atoms with E-state index < -0.39 is 0 Å². The Bertz CT molecular complexity index is 765. The van der Waals surface area contributed by atoms with Crippen molar-refractivity contribution < 1.29 is 4.74 Å². The lowest BCUT2D eigenvalue weighted by Crippen LogP contribution is -2.36. The molecule has 1 aliphatic heterocycles. The first-order valence-corrected chi connectivity index (χ1v) is 7.97. The normalized spacial score (nSPS) is 15.9. The van der Waals surface area contributed by atoms with E-state index in [-0.39, 0.29) is 0 Å². The fraction of sp³-hybridized carbons (Fsp3) is 0.353. The van der Waals surface area contributed by atoms with Crippen molar-refractivity contribution in [2.45, 2.75) is 12.8 Å². The number of nitrogens with zero attached hydrogens (tertiary/aromatic N) is 4. The third kappa shape index (κ3) is 2.97. The van der Waals surface area contributed by atoms with Crippen molar-refractivity contribution in [3.05, 3.63) is 43.0 Å². The summed E-state index contributed by atoms with van der Waals surface area (Å²) in [6.45, 7) is 2.74. The van der Waals surface area contributed by atoms with Crippen LogP contribution in [0, 0.1) is 5.92 Å². The van der Waals surface area contributed by atoms with Crippen LogP contribution in [0.2, 0.25) is 0 Å². The largest absolute Gasteiger partial charge is 0.493 e. The monoisotopic (exact) mass is 309 g/mol. The summed E-state index contributed by atoms with van der Waals surface area (Å²) in [5, 5.41) is 0. The van der Waals surface area contributed by atoms with Crippen LogP contribution in [0.15, 0.2) is 43.0 Å². The van der Waals surface area contributed by atoms with Crippen molar-refractivity contribution in [2.75, 3.05) is 24.6 Å². The lowest BCUT2D eigenvalue weighted by Gasteiger charge is -2.32. The van der Waals surface area contributed by atoms with Crippen LogP contribution >= 0.6 is 0 Å². The maximum Gasteiger partial charge on any atom is 0.182 e. The van der Waals surface area contributed by atoms with E-state index in [1.54, 1.807) is 12.7 Å². The van der Waals surface area contributed by atoms with Gasteiger partial charge in [0.25, 0.3) is 0 Å². The van der Waals surface area contributed by atoms with Gasteiger partial charge in [0.05, 0.1) is 12.9 Å². The van der Waals surface area contributed by atoms with Crippen molar-refractivity contribution >= 4 is 17.0 Å². The fourth-order valence-electron chi connectivity index (χ4n) is 3.03. The molecule has 118 valence electrons. The molecule has 1 aliphatic rings. The summed E-state index contributed by atoms with van der Waals surface area (Å²) < 4.78 is 5.88. The first kappa shape index (κ1) is 14.0. The highest BCUT2D eigenvalue weighted by Gasteiger charge is 2.22. The number of ether oxygens (including phenoxy) is 1. The van der Waals surface area contributed by atoms with Gasteiger partial charge >= 0.3 is 0 Å². The van der Waals surface area contributed by atoms with E-state index in [1.807, 2.05) is 30.3 Å². The first-order chi connectivity index (χ1) is 11.4. The van der Waals surface area contributed by atoms with Crippen molar-refractivity contribution in [2.24, 2.45) is 5.92 Å². The molecule has 23 heavy (non-hydrogen) atoms. The fourth-order valence-corrected chi connectivity index (χ4v) is 3.03. The van der Waals surface area contributed by atoms with Gasteiger partial charge in [-0.25, -0.2) is 15.0 Å². The van der Waals surface area contributed by atoms with Gasteiger partial charge in [0.15, 0.2) is 11.5 Å². The predicted octanol–water partition coefficient (Wildman–Crippen LogP) is 2.65. The zero-order chi connectivity index (χ0) is 15.5. The lowest BCUT2D eigenvalue weighted by atomic mass is 9.98. The number of para-hydroxylation sites is 1. The van der Waals surface area contributed by atoms with E-state index in [4.69, 9.17) is 4.74 Å². The third-order valence-electron chi connectivity index (χ3n) is 4.35.